The van der Waals surface area contributed by atoms with Gasteiger partial charge < -0.3 is 10.6 Å². The molecule has 14 heavy (non-hydrogen) atoms. The first kappa shape index (κ1) is 11.7. The Morgan fingerprint density at radius 1 is 1.50 bits per heavy atom. The Morgan fingerprint density at radius 2 is 2.14 bits per heavy atom. The lowest BCUT2D eigenvalue weighted by atomic mass is 10.1. The molecule has 1 rings (SSSR count). The third-order valence-electron chi connectivity index (χ3n) is 2.25. The summed E-state index contributed by atoms with van der Waals surface area (Å²) < 4.78 is 0. The maximum absolute atomic E-state index is 5.95. The molecular formula is C10H21N3S. The standard InChI is InChI=1S/C10H21N3S/c1-10(2,3)12-9(11)13-6-5-8(7-13)14-4/h8H,5-7H2,1-4H3,(H2,11,12). The van der Waals surface area contributed by atoms with E-state index in [-0.39, 0.29) is 5.54 Å². The maximum atomic E-state index is 5.95. The molecule has 1 aliphatic rings. The summed E-state index contributed by atoms with van der Waals surface area (Å²) in [4.78, 5) is 6.66. The number of rotatable bonds is 1. The van der Waals surface area contributed by atoms with E-state index in [1.807, 2.05) is 11.8 Å². The van der Waals surface area contributed by atoms with Gasteiger partial charge in [0.25, 0.3) is 0 Å². The molecule has 2 N–H and O–H groups in total. The highest BCUT2D eigenvalue weighted by atomic mass is 32.2. The Hall–Kier alpha value is -0.380. The van der Waals surface area contributed by atoms with E-state index in [1.165, 1.54) is 6.42 Å². The van der Waals surface area contributed by atoms with Gasteiger partial charge in [-0.3, -0.25) is 0 Å². The molecular weight excluding hydrogens is 194 g/mol. The van der Waals surface area contributed by atoms with Gasteiger partial charge in [-0.05, 0) is 33.4 Å². The Bertz CT molecular complexity index is 220. The van der Waals surface area contributed by atoms with Crippen molar-refractivity contribution in [1.29, 1.82) is 0 Å². The number of guanidine groups is 1. The lowest BCUT2D eigenvalue weighted by molar-refractivity contribution is 0.489. The van der Waals surface area contributed by atoms with E-state index in [1.54, 1.807) is 0 Å². The zero-order valence-corrected chi connectivity index (χ0v) is 10.4. The first-order chi connectivity index (χ1) is 6.42. The third-order valence-corrected chi connectivity index (χ3v) is 3.30. The van der Waals surface area contributed by atoms with Crippen LogP contribution < -0.4 is 5.73 Å². The van der Waals surface area contributed by atoms with Gasteiger partial charge in [-0.2, -0.15) is 11.8 Å². The molecule has 1 heterocycles. The number of nitrogens with zero attached hydrogens (tertiary/aromatic N) is 2. The summed E-state index contributed by atoms with van der Waals surface area (Å²) >= 11 is 1.92. The van der Waals surface area contributed by atoms with Crippen molar-refractivity contribution in [1.82, 2.24) is 4.90 Å². The average Bonchev–Trinajstić information content (AvgIpc) is 2.48. The van der Waals surface area contributed by atoms with Gasteiger partial charge in [-0.15, -0.1) is 0 Å². The van der Waals surface area contributed by atoms with Crippen LogP contribution in [0.2, 0.25) is 0 Å². The minimum atomic E-state index is -0.0679. The number of aliphatic imine (C=N–C) groups is 1. The molecule has 0 aromatic carbocycles. The van der Waals surface area contributed by atoms with E-state index in [0.29, 0.717) is 5.96 Å². The highest BCUT2D eigenvalue weighted by Crippen LogP contribution is 2.20. The van der Waals surface area contributed by atoms with Crippen LogP contribution in [-0.4, -0.2) is 41.0 Å². The molecule has 1 atom stereocenters. The van der Waals surface area contributed by atoms with Crippen LogP contribution in [0.15, 0.2) is 4.99 Å². The molecule has 4 heteroatoms. The Labute approximate surface area is 91.1 Å². The van der Waals surface area contributed by atoms with Crippen LogP contribution in [0.4, 0.5) is 0 Å². The zero-order chi connectivity index (χ0) is 10.8. The van der Waals surface area contributed by atoms with Crippen LogP contribution in [-0.2, 0) is 0 Å². The molecule has 0 saturated carbocycles. The largest absolute Gasteiger partial charge is 0.370 e. The fraction of sp³-hybridized carbons (Fsp3) is 0.900. The summed E-state index contributed by atoms with van der Waals surface area (Å²) in [6.07, 6.45) is 3.38. The Balaban J connectivity index is 2.55. The fourth-order valence-electron chi connectivity index (χ4n) is 1.54. The van der Waals surface area contributed by atoms with Gasteiger partial charge in [-0.25, -0.2) is 4.99 Å². The van der Waals surface area contributed by atoms with Crippen molar-refractivity contribution < 1.29 is 0 Å². The molecule has 1 unspecified atom stereocenters. The second-order valence-electron chi connectivity index (χ2n) is 4.73. The van der Waals surface area contributed by atoms with Gasteiger partial charge in [0.05, 0.1) is 5.54 Å². The van der Waals surface area contributed by atoms with Crippen LogP contribution in [0.25, 0.3) is 0 Å². The van der Waals surface area contributed by atoms with Crippen LogP contribution in [0.5, 0.6) is 0 Å². The van der Waals surface area contributed by atoms with Crippen molar-refractivity contribution in [3.63, 3.8) is 0 Å². The Morgan fingerprint density at radius 3 is 2.57 bits per heavy atom. The minimum Gasteiger partial charge on any atom is -0.370 e. The first-order valence-corrected chi connectivity index (χ1v) is 6.34. The number of likely N-dealkylation sites (tertiary alicyclic amines) is 1. The van der Waals surface area contributed by atoms with Crippen molar-refractivity contribution >= 4 is 17.7 Å². The molecule has 0 aromatic rings. The van der Waals surface area contributed by atoms with Gasteiger partial charge in [0.1, 0.15) is 0 Å². The number of thioether (sulfide) groups is 1. The summed E-state index contributed by atoms with van der Waals surface area (Å²) in [5, 5.41) is 0.726. The predicted octanol–water partition coefficient (Wildman–Crippen LogP) is 1.54. The van der Waals surface area contributed by atoms with Gasteiger partial charge >= 0.3 is 0 Å². The second kappa shape index (κ2) is 4.43. The quantitative estimate of drug-likeness (QED) is 0.533. The normalized spacial score (nSPS) is 24.4. The first-order valence-electron chi connectivity index (χ1n) is 5.05. The van der Waals surface area contributed by atoms with E-state index >= 15 is 0 Å². The predicted molar refractivity (Wildman–Crippen MR) is 64.9 cm³/mol. The summed E-state index contributed by atoms with van der Waals surface area (Å²) in [6, 6.07) is 0. The number of nitrogens with two attached hydrogens (primary N) is 1. The highest BCUT2D eigenvalue weighted by Gasteiger charge is 2.23. The van der Waals surface area contributed by atoms with E-state index in [2.05, 4.69) is 36.9 Å². The van der Waals surface area contributed by atoms with Crippen LogP contribution >= 0.6 is 11.8 Å². The molecule has 3 nitrogen and oxygen atoms in total. The molecule has 0 amide bonds. The van der Waals surface area contributed by atoms with Crippen molar-refractivity contribution in [3.8, 4) is 0 Å². The molecule has 1 aliphatic heterocycles. The van der Waals surface area contributed by atoms with Crippen LogP contribution in [0.1, 0.15) is 27.2 Å². The molecule has 0 spiro atoms. The average molecular weight is 215 g/mol. The summed E-state index contributed by atoms with van der Waals surface area (Å²) in [5.41, 5.74) is 5.88. The number of hydrogen-bond acceptors (Lipinski definition) is 2. The molecule has 0 bridgehead atoms. The molecule has 0 aliphatic carbocycles. The van der Waals surface area contributed by atoms with Crippen LogP contribution in [0, 0.1) is 0 Å². The molecule has 0 aromatic heterocycles. The van der Waals surface area contributed by atoms with Crippen molar-refractivity contribution in [2.45, 2.75) is 38.0 Å². The lowest BCUT2D eigenvalue weighted by Crippen LogP contribution is -2.37. The zero-order valence-electron chi connectivity index (χ0n) is 9.58. The lowest BCUT2D eigenvalue weighted by Gasteiger charge is -2.21. The van der Waals surface area contributed by atoms with Crippen molar-refractivity contribution in [3.05, 3.63) is 0 Å². The molecule has 0 radical (unpaired) electrons. The van der Waals surface area contributed by atoms with Crippen LogP contribution in [0.3, 0.4) is 0 Å². The van der Waals surface area contributed by atoms with E-state index in [4.69, 9.17) is 5.73 Å². The number of hydrogen-bond donors (Lipinski definition) is 1. The topological polar surface area (TPSA) is 41.6 Å². The Kier molecular flexibility index (Phi) is 3.70. The minimum absolute atomic E-state index is 0.0679. The smallest absolute Gasteiger partial charge is 0.191 e. The van der Waals surface area contributed by atoms with Gasteiger partial charge in [0.15, 0.2) is 5.96 Å². The summed E-state index contributed by atoms with van der Waals surface area (Å²) in [7, 11) is 0. The summed E-state index contributed by atoms with van der Waals surface area (Å²) in [5.74, 6) is 0.703. The van der Waals surface area contributed by atoms with Crippen molar-refractivity contribution in [2.75, 3.05) is 19.3 Å². The van der Waals surface area contributed by atoms with Crippen molar-refractivity contribution in [2.24, 2.45) is 10.7 Å². The van der Waals surface area contributed by atoms with E-state index in [0.717, 1.165) is 18.3 Å². The fourth-order valence-corrected chi connectivity index (χ4v) is 2.21. The monoisotopic (exact) mass is 215 g/mol. The van der Waals surface area contributed by atoms with Gasteiger partial charge in [0.2, 0.25) is 0 Å². The molecule has 1 fully saturated rings. The SMILES string of the molecule is CSC1CCN(C(N)=NC(C)(C)C)C1. The van der Waals surface area contributed by atoms with Gasteiger partial charge in [0, 0.05) is 18.3 Å². The van der Waals surface area contributed by atoms with Gasteiger partial charge in [-0.1, -0.05) is 0 Å². The second-order valence-corrected chi connectivity index (χ2v) is 5.87. The molecule has 82 valence electrons. The van der Waals surface area contributed by atoms with E-state index in [9.17, 15) is 0 Å². The third kappa shape index (κ3) is 3.40. The maximum Gasteiger partial charge on any atom is 0.191 e. The highest BCUT2D eigenvalue weighted by molar-refractivity contribution is 7.99. The van der Waals surface area contributed by atoms with E-state index < -0.39 is 0 Å². The summed E-state index contributed by atoms with van der Waals surface area (Å²) in [6.45, 7) is 8.31. The molecule has 1 saturated heterocycles.